The van der Waals surface area contributed by atoms with Crippen molar-refractivity contribution in [2.75, 3.05) is 12.8 Å². The van der Waals surface area contributed by atoms with E-state index in [1.165, 1.54) is 12.1 Å². The molecule has 3 heterocycles. The summed E-state index contributed by atoms with van der Waals surface area (Å²) in [6.45, 7) is 0.813. The minimum Gasteiger partial charge on any atom is -0.378 e. The zero-order valence-electron chi connectivity index (χ0n) is 16.0. The maximum absolute atomic E-state index is 13.6. The molecule has 8 nitrogen and oxygen atoms in total. The Labute approximate surface area is 170 Å². The molecule has 10 heteroatoms. The average Bonchev–Trinajstić information content (AvgIpc) is 3.16. The third kappa shape index (κ3) is 4.44. The van der Waals surface area contributed by atoms with E-state index in [1.54, 1.807) is 24.1 Å². The second kappa shape index (κ2) is 8.29. The van der Waals surface area contributed by atoms with Crippen LogP contribution >= 0.6 is 0 Å². The third-order valence-electron chi connectivity index (χ3n) is 4.18. The van der Waals surface area contributed by atoms with E-state index in [2.05, 4.69) is 25.3 Å². The van der Waals surface area contributed by atoms with Crippen molar-refractivity contribution in [2.24, 2.45) is 0 Å². The Bertz CT molecular complexity index is 1180. The summed E-state index contributed by atoms with van der Waals surface area (Å²) in [5.74, 6) is -1.47. The summed E-state index contributed by atoms with van der Waals surface area (Å²) < 4.78 is 33.8. The lowest BCUT2D eigenvalue weighted by Crippen LogP contribution is -2.04. The van der Waals surface area contributed by atoms with Gasteiger partial charge in [-0.15, -0.1) is 5.10 Å². The number of ether oxygens (including phenoxy) is 1. The summed E-state index contributed by atoms with van der Waals surface area (Å²) in [6.07, 6.45) is 1.68. The molecule has 0 spiro atoms. The topological polar surface area (TPSA) is 105 Å². The first kappa shape index (κ1) is 19.5. The second-order valence-electron chi connectivity index (χ2n) is 6.51. The van der Waals surface area contributed by atoms with Gasteiger partial charge < -0.3 is 10.5 Å². The molecule has 4 rings (SSSR count). The predicted molar refractivity (Wildman–Crippen MR) is 105 cm³/mol. The highest BCUT2D eigenvalue weighted by Gasteiger charge is 2.12. The van der Waals surface area contributed by atoms with Crippen molar-refractivity contribution in [3.63, 3.8) is 0 Å². The molecule has 0 fully saturated rings. The lowest BCUT2D eigenvalue weighted by Gasteiger charge is -2.05. The molecular weight excluding hydrogens is 392 g/mol. The molecule has 3 aromatic heterocycles. The molecule has 0 aliphatic carbocycles. The smallest absolute Gasteiger partial charge is 0.221 e. The number of nitrogen functional groups attached to an aromatic ring is 1. The molecule has 0 saturated heterocycles. The Kier molecular flexibility index (Phi) is 5.40. The number of nitrogens with zero attached hydrogens (tertiary/aromatic N) is 6. The highest BCUT2D eigenvalue weighted by molar-refractivity contribution is 5.67. The summed E-state index contributed by atoms with van der Waals surface area (Å²) in [7, 11) is 1.61. The fourth-order valence-corrected chi connectivity index (χ4v) is 2.95. The fraction of sp³-hybridized carbons (Fsp3) is 0.150. The van der Waals surface area contributed by atoms with Gasteiger partial charge in [-0.2, -0.15) is 0 Å². The highest BCUT2D eigenvalue weighted by Crippen LogP contribution is 2.24. The molecule has 0 aliphatic rings. The number of methoxy groups -OCH3 is 1. The standard InChI is InChI=1S/C20H17F2N7O/c1-30-11-16-4-2-3-15(24-16)9-29-10-19(27-28-29)18-8-17(25-20(23)26-18)12-5-13(21)7-14(22)6-12/h2-8,10H,9,11H2,1H3,(H2,23,25,26). The quantitative estimate of drug-likeness (QED) is 0.522. The van der Waals surface area contributed by atoms with Crippen LogP contribution in [0, 0.1) is 11.6 Å². The van der Waals surface area contributed by atoms with E-state index in [9.17, 15) is 8.78 Å². The number of benzene rings is 1. The van der Waals surface area contributed by atoms with Crippen LogP contribution in [0.15, 0.2) is 48.7 Å². The van der Waals surface area contributed by atoms with Crippen LogP contribution in [0.25, 0.3) is 22.6 Å². The molecule has 0 bridgehead atoms. The Balaban J connectivity index is 1.62. The molecule has 0 aliphatic heterocycles. The Hall–Kier alpha value is -3.79. The van der Waals surface area contributed by atoms with Gasteiger partial charge in [-0.1, -0.05) is 11.3 Å². The van der Waals surface area contributed by atoms with Gasteiger partial charge in [-0.25, -0.2) is 23.4 Å². The van der Waals surface area contributed by atoms with Crippen LogP contribution in [0.3, 0.4) is 0 Å². The molecule has 0 saturated carbocycles. The molecular formula is C20H17F2N7O. The molecule has 2 N–H and O–H groups in total. The molecule has 1 aromatic carbocycles. The number of anilines is 1. The summed E-state index contributed by atoms with van der Waals surface area (Å²) in [5.41, 5.74) is 8.75. The molecule has 0 radical (unpaired) electrons. The Morgan fingerprint density at radius 2 is 1.67 bits per heavy atom. The lowest BCUT2D eigenvalue weighted by molar-refractivity contribution is 0.181. The SMILES string of the molecule is COCc1cccc(Cn2cc(-c3cc(-c4cc(F)cc(F)c4)nc(N)n3)nn2)n1. The molecule has 152 valence electrons. The molecule has 4 aromatic rings. The number of hydrogen-bond acceptors (Lipinski definition) is 7. The maximum Gasteiger partial charge on any atom is 0.221 e. The number of rotatable bonds is 6. The summed E-state index contributed by atoms with van der Waals surface area (Å²) >= 11 is 0. The van der Waals surface area contributed by atoms with Crippen molar-refractivity contribution in [2.45, 2.75) is 13.2 Å². The van der Waals surface area contributed by atoms with Crippen LogP contribution in [0.5, 0.6) is 0 Å². The zero-order valence-corrected chi connectivity index (χ0v) is 16.0. The average molecular weight is 409 g/mol. The van der Waals surface area contributed by atoms with E-state index >= 15 is 0 Å². The lowest BCUT2D eigenvalue weighted by atomic mass is 10.1. The molecule has 0 atom stereocenters. The first-order valence-corrected chi connectivity index (χ1v) is 8.95. The van der Waals surface area contributed by atoms with Crippen LogP contribution in [-0.2, 0) is 17.9 Å². The van der Waals surface area contributed by atoms with E-state index in [4.69, 9.17) is 10.5 Å². The fourth-order valence-electron chi connectivity index (χ4n) is 2.95. The second-order valence-corrected chi connectivity index (χ2v) is 6.51. The van der Waals surface area contributed by atoms with Crippen molar-refractivity contribution in [3.8, 4) is 22.6 Å². The van der Waals surface area contributed by atoms with Gasteiger partial charge >= 0.3 is 0 Å². The van der Waals surface area contributed by atoms with E-state index in [-0.39, 0.29) is 17.2 Å². The van der Waals surface area contributed by atoms with Gasteiger partial charge in [-0.3, -0.25) is 4.98 Å². The number of pyridine rings is 1. The van der Waals surface area contributed by atoms with Gasteiger partial charge in [0, 0.05) is 18.7 Å². The minimum atomic E-state index is -0.710. The predicted octanol–water partition coefficient (Wildman–Crippen LogP) is 2.85. The highest BCUT2D eigenvalue weighted by atomic mass is 19.1. The maximum atomic E-state index is 13.6. The number of halogens is 2. The minimum absolute atomic E-state index is 0.0457. The van der Waals surface area contributed by atoms with Gasteiger partial charge in [-0.05, 0) is 30.3 Å². The van der Waals surface area contributed by atoms with Crippen molar-refractivity contribution in [1.29, 1.82) is 0 Å². The molecule has 0 unspecified atom stereocenters. The van der Waals surface area contributed by atoms with E-state index in [0.717, 1.165) is 17.5 Å². The Morgan fingerprint density at radius 3 is 2.43 bits per heavy atom. The van der Waals surface area contributed by atoms with Crippen LogP contribution in [0.4, 0.5) is 14.7 Å². The van der Waals surface area contributed by atoms with Crippen molar-refractivity contribution in [1.82, 2.24) is 29.9 Å². The van der Waals surface area contributed by atoms with Crippen LogP contribution in [-0.4, -0.2) is 37.1 Å². The normalized spacial score (nSPS) is 11.0. The van der Waals surface area contributed by atoms with Gasteiger partial charge in [0.05, 0.1) is 42.1 Å². The Morgan fingerprint density at radius 1 is 0.933 bits per heavy atom. The van der Waals surface area contributed by atoms with E-state index in [1.807, 2.05) is 18.2 Å². The van der Waals surface area contributed by atoms with Crippen LogP contribution in [0.1, 0.15) is 11.4 Å². The first-order valence-electron chi connectivity index (χ1n) is 8.95. The largest absolute Gasteiger partial charge is 0.378 e. The van der Waals surface area contributed by atoms with Crippen LogP contribution in [0.2, 0.25) is 0 Å². The monoisotopic (exact) mass is 409 g/mol. The van der Waals surface area contributed by atoms with E-state index in [0.29, 0.717) is 24.5 Å². The summed E-state index contributed by atoms with van der Waals surface area (Å²) in [5, 5.41) is 8.22. The van der Waals surface area contributed by atoms with E-state index < -0.39 is 11.6 Å². The number of hydrogen-bond donors (Lipinski definition) is 1. The zero-order chi connectivity index (χ0) is 21.1. The van der Waals surface area contributed by atoms with Gasteiger partial charge in [0.2, 0.25) is 5.95 Å². The van der Waals surface area contributed by atoms with Crippen molar-refractivity contribution >= 4 is 5.95 Å². The van der Waals surface area contributed by atoms with Gasteiger partial charge in [0.1, 0.15) is 17.3 Å². The summed E-state index contributed by atoms with van der Waals surface area (Å²) in [4.78, 5) is 12.7. The molecule has 30 heavy (non-hydrogen) atoms. The first-order chi connectivity index (χ1) is 14.5. The van der Waals surface area contributed by atoms with Crippen LogP contribution < -0.4 is 5.73 Å². The van der Waals surface area contributed by atoms with Crippen molar-refractivity contribution in [3.05, 3.63) is 71.7 Å². The molecule has 0 amide bonds. The van der Waals surface area contributed by atoms with Crippen molar-refractivity contribution < 1.29 is 13.5 Å². The number of aromatic nitrogens is 6. The number of nitrogens with two attached hydrogens (primary N) is 1. The van der Waals surface area contributed by atoms with Gasteiger partial charge in [0.25, 0.3) is 0 Å². The third-order valence-corrected chi connectivity index (χ3v) is 4.18. The van der Waals surface area contributed by atoms with Gasteiger partial charge in [0.15, 0.2) is 0 Å². The summed E-state index contributed by atoms with van der Waals surface area (Å²) in [6, 6.07) is 10.3.